The van der Waals surface area contributed by atoms with Crippen molar-refractivity contribution >= 4 is 12.1 Å². The van der Waals surface area contributed by atoms with E-state index in [1.165, 1.54) is 0 Å². The predicted molar refractivity (Wildman–Crippen MR) is 73.5 cm³/mol. The number of ether oxygens (including phenoxy) is 1. The summed E-state index contributed by atoms with van der Waals surface area (Å²) in [6, 6.07) is 7.19. The molecule has 8 heteroatoms. The molecule has 0 aromatic heterocycles. The number of alkyl halides is 3. The number of hydrogen-bond donors (Lipinski definition) is 1. The lowest BCUT2D eigenvalue weighted by molar-refractivity contribution is -0.191. The van der Waals surface area contributed by atoms with E-state index in [1.807, 2.05) is 0 Å². The van der Waals surface area contributed by atoms with Crippen LogP contribution in [0.5, 0.6) is 0 Å². The lowest BCUT2D eigenvalue weighted by Crippen LogP contribution is -2.52. The second-order valence-electron chi connectivity index (χ2n) is 5.35. The summed E-state index contributed by atoms with van der Waals surface area (Å²) >= 11 is 0. The van der Waals surface area contributed by atoms with Crippen LogP contribution >= 0.6 is 0 Å². The number of hydrogen-bond acceptors (Lipinski definition) is 3. The van der Waals surface area contributed by atoms with Gasteiger partial charge in [0.2, 0.25) is 0 Å². The molecule has 0 bridgehead atoms. The van der Waals surface area contributed by atoms with E-state index < -0.39 is 36.6 Å². The third-order valence-corrected chi connectivity index (χ3v) is 3.79. The topological polar surface area (TPSA) is 66.8 Å². The number of carboxylic acid groups (broad SMARTS) is 1. The third kappa shape index (κ3) is 4.37. The molecule has 1 aliphatic heterocycles. The van der Waals surface area contributed by atoms with Gasteiger partial charge in [0.25, 0.3) is 0 Å². The van der Waals surface area contributed by atoms with Crippen molar-refractivity contribution in [2.24, 2.45) is 5.92 Å². The first kappa shape index (κ1) is 17.1. The first-order valence-electron chi connectivity index (χ1n) is 7.06. The minimum Gasteiger partial charge on any atom is -0.480 e. The van der Waals surface area contributed by atoms with Gasteiger partial charge in [-0.05, 0) is 18.4 Å². The number of nitrogens with zero attached hydrogens (tertiary/aromatic N) is 1. The molecule has 0 saturated carbocycles. The van der Waals surface area contributed by atoms with Crippen molar-refractivity contribution in [1.29, 1.82) is 0 Å². The van der Waals surface area contributed by atoms with Crippen LogP contribution < -0.4 is 0 Å². The Hall–Kier alpha value is -2.25. The highest BCUT2D eigenvalue weighted by atomic mass is 19.4. The molecular weight excluding hydrogens is 315 g/mol. The van der Waals surface area contributed by atoms with Crippen molar-refractivity contribution in [3.05, 3.63) is 35.9 Å². The van der Waals surface area contributed by atoms with E-state index in [0.29, 0.717) is 5.56 Å². The van der Waals surface area contributed by atoms with Crippen molar-refractivity contribution in [2.75, 3.05) is 6.54 Å². The molecule has 1 aromatic rings. The minimum absolute atomic E-state index is 0.0643. The molecule has 23 heavy (non-hydrogen) atoms. The van der Waals surface area contributed by atoms with Crippen molar-refractivity contribution in [1.82, 2.24) is 4.90 Å². The summed E-state index contributed by atoms with van der Waals surface area (Å²) in [6.45, 7) is -0.361. The maximum absolute atomic E-state index is 12.7. The van der Waals surface area contributed by atoms with Crippen molar-refractivity contribution in [2.45, 2.75) is 31.7 Å². The molecule has 0 aliphatic carbocycles. The third-order valence-electron chi connectivity index (χ3n) is 3.79. The Bertz CT molecular complexity index is 562. The molecule has 1 N–H and O–H groups in total. The smallest absolute Gasteiger partial charge is 0.410 e. The fraction of sp³-hybridized carbons (Fsp3) is 0.467. The van der Waals surface area contributed by atoms with E-state index in [2.05, 4.69) is 0 Å². The SMILES string of the molecule is O=C(O)[C@@H]1C[C@H](C(F)(F)F)CCN1C(=O)OCc1ccccc1. The van der Waals surface area contributed by atoms with Crippen LogP contribution in [0, 0.1) is 5.92 Å². The van der Waals surface area contributed by atoms with Gasteiger partial charge in [-0.2, -0.15) is 13.2 Å². The monoisotopic (exact) mass is 331 g/mol. The van der Waals surface area contributed by atoms with Gasteiger partial charge in [0.15, 0.2) is 0 Å². The van der Waals surface area contributed by atoms with Crippen molar-refractivity contribution in [3.8, 4) is 0 Å². The predicted octanol–water partition coefficient (Wildman–Crippen LogP) is 3.05. The summed E-state index contributed by atoms with van der Waals surface area (Å²) < 4.78 is 43.3. The Morgan fingerprint density at radius 1 is 1.26 bits per heavy atom. The van der Waals surface area contributed by atoms with Crippen LogP contribution in [0.2, 0.25) is 0 Å². The van der Waals surface area contributed by atoms with E-state index in [1.54, 1.807) is 30.3 Å². The Morgan fingerprint density at radius 3 is 2.48 bits per heavy atom. The van der Waals surface area contributed by atoms with Gasteiger partial charge in [-0.25, -0.2) is 9.59 Å². The molecule has 1 fully saturated rings. The van der Waals surface area contributed by atoms with Gasteiger partial charge < -0.3 is 9.84 Å². The second kappa shape index (κ2) is 6.89. The lowest BCUT2D eigenvalue weighted by atomic mass is 9.90. The normalized spacial score (nSPS) is 21.8. The molecule has 0 radical (unpaired) electrons. The van der Waals surface area contributed by atoms with Gasteiger partial charge in [0.1, 0.15) is 12.6 Å². The van der Waals surface area contributed by atoms with E-state index >= 15 is 0 Å². The Kier molecular flexibility index (Phi) is 5.12. The van der Waals surface area contributed by atoms with Crippen LogP contribution in [-0.4, -0.2) is 40.8 Å². The summed E-state index contributed by atoms with van der Waals surface area (Å²) in [4.78, 5) is 24.1. The largest absolute Gasteiger partial charge is 0.480 e. The Labute approximate surface area is 130 Å². The number of carbonyl (C=O) groups excluding carboxylic acids is 1. The van der Waals surface area contributed by atoms with Crippen LogP contribution in [-0.2, 0) is 16.1 Å². The molecule has 1 aromatic carbocycles. The van der Waals surface area contributed by atoms with Gasteiger partial charge in [0.05, 0.1) is 5.92 Å². The summed E-state index contributed by atoms with van der Waals surface area (Å²) in [7, 11) is 0. The summed E-state index contributed by atoms with van der Waals surface area (Å²) in [5, 5.41) is 9.11. The highest BCUT2D eigenvalue weighted by Crippen LogP contribution is 2.36. The first-order chi connectivity index (χ1) is 10.8. The van der Waals surface area contributed by atoms with Gasteiger partial charge in [-0.1, -0.05) is 30.3 Å². The van der Waals surface area contributed by atoms with Gasteiger partial charge in [-0.15, -0.1) is 0 Å². The molecule has 126 valence electrons. The molecule has 0 unspecified atom stereocenters. The Morgan fingerprint density at radius 2 is 1.91 bits per heavy atom. The molecular formula is C15H16F3NO4. The molecule has 5 nitrogen and oxygen atoms in total. The van der Waals surface area contributed by atoms with E-state index in [9.17, 15) is 22.8 Å². The lowest BCUT2D eigenvalue weighted by Gasteiger charge is -2.36. The number of carboxylic acids is 1. The molecule has 1 heterocycles. The molecule has 1 amide bonds. The number of halogens is 3. The van der Waals surface area contributed by atoms with Gasteiger partial charge in [-0.3, -0.25) is 4.90 Å². The van der Waals surface area contributed by atoms with Crippen LogP contribution in [0.15, 0.2) is 30.3 Å². The van der Waals surface area contributed by atoms with E-state index in [0.717, 1.165) is 4.90 Å². The summed E-state index contributed by atoms with van der Waals surface area (Å²) in [5.74, 6) is -3.18. The molecule has 0 spiro atoms. The number of aliphatic carboxylic acids is 1. The molecule has 1 aliphatic rings. The molecule has 2 atom stereocenters. The number of rotatable bonds is 3. The quantitative estimate of drug-likeness (QED) is 0.924. The zero-order valence-electron chi connectivity index (χ0n) is 12.1. The Balaban J connectivity index is 2.00. The average Bonchev–Trinajstić information content (AvgIpc) is 2.52. The van der Waals surface area contributed by atoms with E-state index in [4.69, 9.17) is 9.84 Å². The van der Waals surface area contributed by atoms with Gasteiger partial charge in [0, 0.05) is 6.54 Å². The highest BCUT2D eigenvalue weighted by molar-refractivity contribution is 5.80. The average molecular weight is 331 g/mol. The zero-order chi connectivity index (χ0) is 17.0. The fourth-order valence-corrected chi connectivity index (χ4v) is 2.52. The summed E-state index contributed by atoms with van der Waals surface area (Å²) in [6.07, 6.45) is -6.36. The maximum Gasteiger partial charge on any atom is 0.410 e. The minimum atomic E-state index is -4.46. The fourth-order valence-electron chi connectivity index (χ4n) is 2.52. The van der Waals surface area contributed by atoms with Crippen LogP contribution in [0.4, 0.5) is 18.0 Å². The number of likely N-dealkylation sites (tertiary alicyclic amines) is 1. The number of piperidine rings is 1. The van der Waals surface area contributed by atoms with Gasteiger partial charge >= 0.3 is 18.2 Å². The number of benzene rings is 1. The van der Waals surface area contributed by atoms with E-state index in [-0.39, 0.29) is 19.6 Å². The number of amides is 1. The standard InChI is InChI=1S/C15H16F3NO4/c16-15(17,18)11-6-7-19(12(8-11)13(20)21)14(22)23-9-10-4-2-1-3-5-10/h1-5,11-12H,6-9H2,(H,20,21)/t11-,12+/m1/s1. The van der Waals surface area contributed by atoms with Crippen molar-refractivity contribution < 1.29 is 32.6 Å². The first-order valence-corrected chi connectivity index (χ1v) is 7.06. The molecule has 1 saturated heterocycles. The van der Waals surface area contributed by atoms with Crippen molar-refractivity contribution in [3.63, 3.8) is 0 Å². The maximum atomic E-state index is 12.7. The van der Waals surface area contributed by atoms with Crippen LogP contribution in [0.3, 0.4) is 0 Å². The van der Waals surface area contributed by atoms with Crippen LogP contribution in [0.1, 0.15) is 18.4 Å². The second-order valence-corrected chi connectivity index (χ2v) is 5.35. The zero-order valence-corrected chi connectivity index (χ0v) is 12.1. The highest BCUT2D eigenvalue weighted by Gasteiger charge is 2.47. The summed E-state index contributed by atoms with van der Waals surface area (Å²) in [5.41, 5.74) is 0.706. The molecule has 2 rings (SSSR count). The number of carbonyl (C=O) groups is 2. The van der Waals surface area contributed by atoms with Crippen LogP contribution in [0.25, 0.3) is 0 Å².